The van der Waals surface area contributed by atoms with E-state index in [2.05, 4.69) is 21.2 Å². The van der Waals surface area contributed by atoms with Gasteiger partial charge in [0.2, 0.25) is 0 Å². The molecule has 168 valence electrons. The Kier molecular flexibility index (Phi) is 11.0. The Bertz CT molecular complexity index is 789. The molecule has 2 aromatic heterocycles. The lowest BCUT2D eigenvalue weighted by Crippen LogP contribution is -2.35. The van der Waals surface area contributed by atoms with Crippen LogP contribution in [0.15, 0.2) is 12.7 Å². The lowest BCUT2D eigenvalue weighted by molar-refractivity contribution is -0.123. The minimum absolute atomic E-state index is 0.0655. The molecule has 1 saturated heterocycles. The number of hydrogen-bond donors (Lipinski definition) is 6. The zero-order valence-corrected chi connectivity index (χ0v) is 17.1. The molecular weight excluding hydrogens is 420 g/mol. The van der Waals surface area contributed by atoms with Crippen LogP contribution in [-0.4, -0.2) is 95.5 Å². The fourth-order valence-electron chi connectivity index (χ4n) is 2.85. The molecule has 1 fully saturated rings. The van der Waals surface area contributed by atoms with Crippen molar-refractivity contribution in [3.8, 4) is 0 Å². The Balaban J connectivity index is 0.000000672. The Morgan fingerprint density at radius 3 is 2.43 bits per heavy atom. The number of nitrogen functional groups attached to an aromatic ring is 1. The van der Waals surface area contributed by atoms with Crippen LogP contribution in [0.25, 0.3) is 11.2 Å². The third-order valence-corrected chi connectivity index (χ3v) is 6.03. The molecule has 1 unspecified atom stereocenters. The molecule has 30 heavy (non-hydrogen) atoms. The van der Waals surface area contributed by atoms with E-state index in [1.807, 2.05) is 0 Å². The third-order valence-electron chi connectivity index (χ3n) is 4.14. The highest BCUT2D eigenvalue weighted by Crippen LogP contribution is 2.32. The van der Waals surface area contributed by atoms with Crippen LogP contribution in [0.2, 0.25) is 0 Å². The first-order valence-corrected chi connectivity index (χ1v) is 10.7. The number of nitrogens with two attached hydrogens (primary N) is 2. The molecule has 14 heteroatoms. The van der Waals surface area contributed by atoms with Gasteiger partial charge in [-0.2, -0.15) is 0 Å². The maximum Gasteiger partial charge on any atom is 0.290 e. The molecule has 0 spiro atoms. The fourth-order valence-corrected chi connectivity index (χ4v) is 4.51. The monoisotopic (exact) mass is 447 g/mol. The van der Waals surface area contributed by atoms with Crippen molar-refractivity contribution in [3.63, 3.8) is 0 Å². The van der Waals surface area contributed by atoms with E-state index in [0.717, 1.165) is 12.2 Å². The van der Waals surface area contributed by atoms with Gasteiger partial charge in [0, 0.05) is 6.42 Å². The number of aliphatic hydroxyl groups is 2. The first kappa shape index (κ1) is 25.5. The van der Waals surface area contributed by atoms with E-state index >= 15 is 0 Å². The summed E-state index contributed by atoms with van der Waals surface area (Å²) in [5, 5.41) is 34.5. The second kappa shape index (κ2) is 12.9. The molecule has 1 aliphatic rings. The van der Waals surface area contributed by atoms with E-state index in [1.54, 1.807) is 4.57 Å². The Hall–Kier alpha value is -2.52. The Labute approximate surface area is 175 Å². The van der Waals surface area contributed by atoms with Crippen LogP contribution in [-0.2, 0) is 25.2 Å². The molecular formula is C16H27N6O7S+. The Morgan fingerprint density at radius 1 is 1.20 bits per heavy atom. The first-order chi connectivity index (χ1) is 14.4. The van der Waals surface area contributed by atoms with Crippen molar-refractivity contribution in [1.82, 2.24) is 19.5 Å². The number of hydrogen-bond acceptors (Lipinski definition) is 10. The highest BCUT2D eigenvalue weighted by Gasteiger charge is 2.46. The number of fused-ring (bicyclic) bond motifs is 1. The van der Waals surface area contributed by atoms with Crippen molar-refractivity contribution < 1.29 is 34.8 Å². The van der Waals surface area contributed by atoms with E-state index in [-0.39, 0.29) is 29.7 Å². The maximum absolute atomic E-state index is 10.4. The van der Waals surface area contributed by atoms with Gasteiger partial charge in [-0.25, -0.2) is 15.0 Å². The SMILES string of the molecule is C[S+](CCCN)C[C@H]1O[C@@H](n2cnc3c(N)ncnc32)[C@H](O)[C@@H]1O.O=CO.O=CO. The highest BCUT2D eigenvalue weighted by atomic mass is 32.2. The zero-order valence-electron chi connectivity index (χ0n) is 16.3. The van der Waals surface area contributed by atoms with Crippen LogP contribution in [0, 0.1) is 0 Å². The second-order valence-electron chi connectivity index (χ2n) is 6.13. The smallest absolute Gasteiger partial charge is 0.290 e. The summed E-state index contributed by atoms with van der Waals surface area (Å²) < 4.78 is 7.52. The first-order valence-electron chi connectivity index (χ1n) is 8.75. The van der Waals surface area contributed by atoms with E-state index < -0.39 is 24.5 Å². The summed E-state index contributed by atoms with van der Waals surface area (Å²) in [5.74, 6) is 1.93. The summed E-state index contributed by atoms with van der Waals surface area (Å²) >= 11 is 0. The van der Waals surface area contributed by atoms with Crippen molar-refractivity contribution >= 4 is 40.8 Å². The fraction of sp³-hybridized carbons (Fsp3) is 0.562. The van der Waals surface area contributed by atoms with Crippen LogP contribution >= 0.6 is 0 Å². The number of anilines is 1. The summed E-state index contributed by atoms with van der Waals surface area (Å²) in [7, 11) is 0.0655. The Morgan fingerprint density at radius 2 is 1.83 bits per heavy atom. The molecule has 0 radical (unpaired) electrons. The average molecular weight is 447 g/mol. The van der Waals surface area contributed by atoms with Gasteiger partial charge < -0.3 is 36.6 Å². The summed E-state index contributed by atoms with van der Waals surface area (Å²) in [6.45, 7) is 0.152. The summed E-state index contributed by atoms with van der Waals surface area (Å²) in [6, 6.07) is 0. The van der Waals surface area contributed by atoms with Crippen molar-refractivity contribution in [1.29, 1.82) is 0 Å². The molecule has 0 saturated carbocycles. The van der Waals surface area contributed by atoms with Crippen LogP contribution in [0.4, 0.5) is 5.82 Å². The number of ether oxygens (including phenoxy) is 1. The zero-order chi connectivity index (χ0) is 22.7. The predicted octanol–water partition coefficient (Wildman–Crippen LogP) is -1.97. The summed E-state index contributed by atoms with van der Waals surface area (Å²) in [6.07, 6.45) is 2.68. The van der Waals surface area contributed by atoms with E-state index in [9.17, 15) is 10.2 Å². The highest BCUT2D eigenvalue weighted by molar-refractivity contribution is 7.96. The van der Waals surface area contributed by atoms with Gasteiger partial charge in [-0.1, -0.05) is 0 Å². The standard InChI is InChI=1S/C14H23N6O3S.2CH2O2/c1-24(4-2-3-15)5-8-10(21)11(22)14(23-8)20-7-19-9-12(16)17-6-18-13(9)20;2*2-1-3/h6-8,10-11,14,21-22H,2-5,15H2,1H3,(H2,16,17,18);2*1H,(H,2,3)/q+1;;/t8-,10-,11-,14-,24?;;/m1../s1. The number of carbonyl (C=O) groups is 2. The number of imidazole rings is 1. The van der Waals surface area contributed by atoms with Crippen molar-refractivity contribution in [3.05, 3.63) is 12.7 Å². The predicted molar refractivity (Wildman–Crippen MR) is 110 cm³/mol. The lowest BCUT2D eigenvalue weighted by atomic mass is 10.1. The maximum atomic E-state index is 10.4. The van der Waals surface area contributed by atoms with Gasteiger partial charge in [-0.15, -0.1) is 0 Å². The number of rotatable bonds is 6. The van der Waals surface area contributed by atoms with Gasteiger partial charge in [0.15, 0.2) is 17.7 Å². The van der Waals surface area contributed by atoms with Gasteiger partial charge in [0.25, 0.3) is 12.9 Å². The van der Waals surface area contributed by atoms with Gasteiger partial charge in [0.1, 0.15) is 41.7 Å². The molecule has 1 aliphatic heterocycles. The topological polar surface area (TPSA) is 220 Å². The largest absolute Gasteiger partial charge is 0.483 e. The third kappa shape index (κ3) is 6.50. The molecule has 5 atom stereocenters. The molecule has 0 aromatic carbocycles. The van der Waals surface area contributed by atoms with Crippen molar-refractivity contribution in [2.24, 2.45) is 5.73 Å². The summed E-state index contributed by atoms with van der Waals surface area (Å²) in [4.78, 5) is 28.9. The molecule has 13 nitrogen and oxygen atoms in total. The van der Waals surface area contributed by atoms with Crippen LogP contribution in [0.5, 0.6) is 0 Å². The number of aromatic nitrogens is 4. The number of carboxylic acid groups (broad SMARTS) is 2. The van der Waals surface area contributed by atoms with Crippen LogP contribution in [0.1, 0.15) is 12.6 Å². The molecule has 8 N–H and O–H groups in total. The molecule has 0 aliphatic carbocycles. The molecule has 3 rings (SSSR count). The quantitative estimate of drug-likeness (QED) is 0.210. The molecule has 0 bridgehead atoms. The van der Waals surface area contributed by atoms with E-state index in [4.69, 9.17) is 36.0 Å². The normalized spacial score (nSPS) is 23.6. The molecule has 2 aromatic rings. The molecule has 0 amide bonds. The number of aliphatic hydroxyl groups excluding tert-OH is 2. The van der Waals surface area contributed by atoms with Crippen molar-refractivity contribution in [2.75, 3.05) is 30.0 Å². The van der Waals surface area contributed by atoms with Gasteiger partial charge >= 0.3 is 0 Å². The summed E-state index contributed by atoms with van der Waals surface area (Å²) in [5.41, 5.74) is 12.2. The average Bonchev–Trinajstić information content (AvgIpc) is 3.25. The van der Waals surface area contributed by atoms with Gasteiger partial charge in [-0.05, 0) is 17.4 Å². The van der Waals surface area contributed by atoms with Crippen molar-refractivity contribution in [2.45, 2.75) is 31.0 Å². The molecule has 3 heterocycles. The second-order valence-corrected chi connectivity index (χ2v) is 8.44. The number of nitrogens with zero attached hydrogens (tertiary/aromatic N) is 4. The minimum Gasteiger partial charge on any atom is -0.483 e. The minimum atomic E-state index is -1.06. The van der Waals surface area contributed by atoms with E-state index in [1.165, 1.54) is 12.7 Å². The van der Waals surface area contributed by atoms with Crippen LogP contribution in [0.3, 0.4) is 0 Å². The van der Waals surface area contributed by atoms with Gasteiger partial charge in [0.05, 0.1) is 12.6 Å². The van der Waals surface area contributed by atoms with Gasteiger partial charge in [-0.3, -0.25) is 14.2 Å². The van der Waals surface area contributed by atoms with Crippen LogP contribution < -0.4 is 11.5 Å². The van der Waals surface area contributed by atoms with E-state index in [0.29, 0.717) is 23.5 Å². The lowest BCUT2D eigenvalue weighted by Gasteiger charge is -2.16.